The number of rotatable bonds is 4. The molecule has 2 atom stereocenters. The number of anilines is 1. The van der Waals surface area contributed by atoms with Crippen LogP contribution in [-0.2, 0) is 0 Å². The Labute approximate surface area is 126 Å². The molecule has 1 aliphatic rings. The van der Waals surface area contributed by atoms with Gasteiger partial charge >= 0.3 is 126 Å². The fourth-order valence-corrected chi connectivity index (χ4v) is 4.23. The molecule has 1 aliphatic heterocycles. The van der Waals surface area contributed by atoms with E-state index in [0.717, 1.165) is 22.6 Å². The van der Waals surface area contributed by atoms with Gasteiger partial charge in [0.05, 0.1) is 0 Å². The molecule has 4 nitrogen and oxygen atoms in total. The summed E-state index contributed by atoms with van der Waals surface area (Å²) in [6, 6.07) is 6.76. The van der Waals surface area contributed by atoms with Crippen molar-refractivity contribution in [2.24, 2.45) is 5.92 Å². The van der Waals surface area contributed by atoms with E-state index in [1.807, 2.05) is 0 Å². The monoisotopic (exact) mass is 338 g/mol. The number of aromatic nitrogens is 2. The second kappa shape index (κ2) is 6.25. The molecule has 20 heavy (non-hydrogen) atoms. The van der Waals surface area contributed by atoms with E-state index in [0.29, 0.717) is 6.04 Å². The third kappa shape index (κ3) is 2.90. The quantitative estimate of drug-likeness (QED) is 0.869. The number of nitrogens with one attached hydrogen (secondary N) is 1. The third-order valence-electron chi connectivity index (χ3n) is 4.37. The summed E-state index contributed by atoms with van der Waals surface area (Å²) in [5.74, 6) is 0.725. The van der Waals surface area contributed by atoms with Gasteiger partial charge in [-0.15, -0.1) is 0 Å². The first-order chi connectivity index (χ1) is 9.78. The Hall–Kier alpha value is -0.901. The average Bonchev–Trinajstić information content (AvgIpc) is 2.97. The second-order valence-electron chi connectivity index (χ2n) is 5.67. The molecule has 5 heteroatoms. The predicted octanol–water partition coefficient (Wildman–Crippen LogP) is 2.22. The van der Waals surface area contributed by atoms with Gasteiger partial charge in [-0.25, -0.2) is 0 Å². The first kappa shape index (κ1) is 14.1. The third-order valence-corrected chi connectivity index (χ3v) is 5.50. The van der Waals surface area contributed by atoms with Crippen molar-refractivity contribution in [3.63, 3.8) is 0 Å². The van der Waals surface area contributed by atoms with Crippen LogP contribution >= 0.6 is 0 Å². The molecule has 1 fully saturated rings. The van der Waals surface area contributed by atoms with Crippen molar-refractivity contribution in [1.82, 2.24) is 12.9 Å². The van der Waals surface area contributed by atoms with Crippen LogP contribution in [0.3, 0.4) is 0 Å². The first-order valence-electron chi connectivity index (χ1n) is 7.48. The molecule has 0 aliphatic carbocycles. The molecule has 2 heterocycles. The van der Waals surface area contributed by atoms with Gasteiger partial charge in [0.15, 0.2) is 0 Å². The molecule has 0 saturated carbocycles. The van der Waals surface area contributed by atoms with E-state index in [4.69, 9.17) is 0 Å². The van der Waals surface area contributed by atoms with Gasteiger partial charge in [-0.1, -0.05) is 0 Å². The Morgan fingerprint density at radius 3 is 3.20 bits per heavy atom. The summed E-state index contributed by atoms with van der Waals surface area (Å²) in [5.41, 5.74) is 3.29. The van der Waals surface area contributed by atoms with Crippen LogP contribution in [0.25, 0.3) is 11.0 Å². The first-order valence-corrected chi connectivity index (χ1v) is 9.01. The molecule has 2 unspecified atom stereocenters. The molecule has 0 bridgehead atoms. The number of likely N-dealkylation sites (tertiary alicyclic amines) is 1. The Bertz CT molecular complexity index is 568. The summed E-state index contributed by atoms with van der Waals surface area (Å²) in [6.07, 6.45) is 2.64. The minimum absolute atomic E-state index is 0.0488. The Morgan fingerprint density at radius 2 is 2.35 bits per heavy atom. The summed E-state index contributed by atoms with van der Waals surface area (Å²) in [6.45, 7) is 8.20. The van der Waals surface area contributed by atoms with Gasteiger partial charge in [-0.05, 0) is 0 Å². The van der Waals surface area contributed by atoms with Gasteiger partial charge < -0.3 is 0 Å². The molecular weight excluding hydrogens is 315 g/mol. The molecule has 3 rings (SSSR count). The number of nitrogens with zero attached hydrogens (tertiary/aromatic N) is 3. The van der Waals surface area contributed by atoms with Crippen LogP contribution in [0.15, 0.2) is 18.2 Å². The van der Waals surface area contributed by atoms with Crippen molar-refractivity contribution in [3.8, 4) is 0 Å². The molecule has 1 N–H and O–H groups in total. The number of fused-ring (bicyclic) bond motifs is 1. The van der Waals surface area contributed by atoms with Crippen molar-refractivity contribution >= 4 is 31.7 Å². The zero-order chi connectivity index (χ0) is 13.9. The van der Waals surface area contributed by atoms with Crippen molar-refractivity contribution in [3.05, 3.63) is 18.2 Å². The molecule has 108 valence electrons. The maximum absolute atomic E-state index is 4.55. The second-order valence-corrected chi connectivity index (χ2v) is 6.77. The Morgan fingerprint density at radius 1 is 1.45 bits per heavy atom. The molecule has 0 spiro atoms. The Kier molecular flexibility index (Phi) is 4.39. The van der Waals surface area contributed by atoms with Crippen molar-refractivity contribution < 1.29 is 0 Å². The summed E-state index contributed by atoms with van der Waals surface area (Å²) < 4.78 is 9.00. The fourth-order valence-electron chi connectivity index (χ4n) is 3.07. The van der Waals surface area contributed by atoms with Crippen LogP contribution in [0.1, 0.15) is 26.7 Å². The number of benzene rings is 1. The van der Waals surface area contributed by atoms with Crippen molar-refractivity contribution in [2.75, 3.05) is 25.0 Å². The van der Waals surface area contributed by atoms with Gasteiger partial charge in [-0.3, -0.25) is 0 Å². The molecular formula is C15H22N4Se. The fraction of sp³-hybridized carbons (Fsp3) is 0.600. The van der Waals surface area contributed by atoms with Crippen LogP contribution in [-0.4, -0.2) is 53.5 Å². The predicted molar refractivity (Wildman–Crippen MR) is 84.4 cm³/mol. The Balaban J connectivity index is 1.72. The normalized spacial score (nSPS) is 22.0. The number of hydrogen-bond donors (Lipinski definition) is 1. The van der Waals surface area contributed by atoms with Crippen molar-refractivity contribution in [2.45, 2.75) is 32.7 Å². The van der Waals surface area contributed by atoms with Gasteiger partial charge in [0.2, 0.25) is 0 Å². The van der Waals surface area contributed by atoms with E-state index in [1.54, 1.807) is 0 Å². The molecule has 0 radical (unpaired) electrons. The summed E-state index contributed by atoms with van der Waals surface area (Å²) in [4.78, 5) is 2.56. The molecule has 2 aromatic rings. The van der Waals surface area contributed by atoms with Crippen LogP contribution in [0.2, 0.25) is 0 Å². The summed E-state index contributed by atoms with van der Waals surface area (Å²) in [7, 11) is 0. The molecule has 1 aromatic heterocycles. The van der Waals surface area contributed by atoms with E-state index >= 15 is 0 Å². The van der Waals surface area contributed by atoms with Crippen molar-refractivity contribution in [1.29, 1.82) is 0 Å². The van der Waals surface area contributed by atoms with Crippen LogP contribution in [0.4, 0.5) is 5.69 Å². The average molecular weight is 337 g/mol. The maximum atomic E-state index is 4.55. The molecule has 1 saturated heterocycles. The van der Waals surface area contributed by atoms with Gasteiger partial charge in [0.1, 0.15) is 0 Å². The number of piperidine rings is 1. The standard InChI is InChI=1S/C15H22N4Se/c1-3-19-9-5-6-12(10-19)11(2)16-13-7-4-8-14-15(13)18-20-17-14/h4,7-8,11-12,16H,3,5-6,9-10H2,1-2H3. The molecule has 1 aromatic carbocycles. The molecule has 0 amide bonds. The van der Waals surface area contributed by atoms with Gasteiger partial charge in [0.25, 0.3) is 0 Å². The van der Waals surface area contributed by atoms with Crippen LogP contribution in [0, 0.1) is 5.92 Å². The summed E-state index contributed by atoms with van der Waals surface area (Å²) >= 11 is 0.0488. The topological polar surface area (TPSA) is 41.0 Å². The van der Waals surface area contributed by atoms with E-state index in [1.165, 1.54) is 32.5 Å². The number of hydrogen-bond acceptors (Lipinski definition) is 4. The minimum atomic E-state index is 0.0488. The van der Waals surface area contributed by atoms with E-state index < -0.39 is 0 Å². The van der Waals surface area contributed by atoms with Crippen LogP contribution in [0.5, 0.6) is 0 Å². The van der Waals surface area contributed by atoms with Crippen LogP contribution < -0.4 is 5.32 Å². The van der Waals surface area contributed by atoms with E-state index in [-0.39, 0.29) is 15.0 Å². The van der Waals surface area contributed by atoms with E-state index in [2.05, 4.69) is 50.2 Å². The SMILES string of the molecule is CCN1CCCC(C(C)Nc2cccc3n[se]nc23)C1. The van der Waals surface area contributed by atoms with E-state index in [9.17, 15) is 0 Å². The zero-order valence-electron chi connectivity index (χ0n) is 12.2. The van der Waals surface area contributed by atoms with Gasteiger partial charge in [0, 0.05) is 0 Å². The summed E-state index contributed by atoms with van der Waals surface area (Å²) in [5, 5.41) is 3.69. The van der Waals surface area contributed by atoms with Gasteiger partial charge in [-0.2, -0.15) is 0 Å². The zero-order valence-corrected chi connectivity index (χ0v) is 13.9.